The monoisotopic (exact) mass is 521 g/mol. The van der Waals surface area contributed by atoms with Gasteiger partial charge in [-0.1, -0.05) is 75.6 Å². The number of nitrogens with zero attached hydrogens (tertiary/aromatic N) is 3. The molecule has 0 unspecified atom stereocenters. The molecule has 1 N–H and O–H groups in total. The van der Waals surface area contributed by atoms with Crippen molar-refractivity contribution < 1.29 is 28.7 Å². The zero-order valence-corrected chi connectivity index (χ0v) is 21.9. The summed E-state index contributed by atoms with van der Waals surface area (Å²) in [7, 11) is 0. The first-order valence-electron chi connectivity index (χ1n) is 13.4. The van der Waals surface area contributed by atoms with Gasteiger partial charge in [-0.25, -0.2) is 4.79 Å². The number of rotatable bonds is 14. The van der Waals surface area contributed by atoms with Gasteiger partial charge in [-0.2, -0.15) is 4.98 Å². The van der Waals surface area contributed by atoms with Crippen LogP contribution in [0.4, 0.5) is 5.69 Å². The molecule has 0 spiro atoms. The van der Waals surface area contributed by atoms with E-state index in [1.54, 1.807) is 18.2 Å². The maximum absolute atomic E-state index is 12.5. The number of ether oxygens (including phenoxy) is 2. The summed E-state index contributed by atoms with van der Waals surface area (Å²) in [5.41, 5.74) is 1.91. The summed E-state index contributed by atoms with van der Waals surface area (Å²) >= 11 is 0. The molecule has 1 aliphatic rings. The van der Waals surface area contributed by atoms with Gasteiger partial charge in [-0.05, 0) is 36.2 Å². The number of amides is 1. The third-order valence-electron chi connectivity index (χ3n) is 6.61. The lowest BCUT2D eigenvalue weighted by molar-refractivity contribution is -0.148. The van der Waals surface area contributed by atoms with E-state index in [0.717, 1.165) is 24.0 Å². The molecule has 9 heteroatoms. The first-order chi connectivity index (χ1) is 18.5. The van der Waals surface area contributed by atoms with Crippen molar-refractivity contribution in [2.24, 2.45) is 0 Å². The Morgan fingerprint density at radius 1 is 0.895 bits per heavy atom. The Labute approximate surface area is 222 Å². The minimum atomic E-state index is -1.54. The van der Waals surface area contributed by atoms with Gasteiger partial charge in [0.05, 0.1) is 6.54 Å². The van der Waals surface area contributed by atoms with Gasteiger partial charge in [0, 0.05) is 23.7 Å². The van der Waals surface area contributed by atoms with E-state index in [9.17, 15) is 14.7 Å². The van der Waals surface area contributed by atoms with Crippen molar-refractivity contribution in [3.05, 3.63) is 53.9 Å². The van der Waals surface area contributed by atoms with Gasteiger partial charge in [0.15, 0.2) is 17.3 Å². The van der Waals surface area contributed by atoms with Crippen molar-refractivity contribution in [3.63, 3.8) is 0 Å². The molecule has 2 aromatic carbocycles. The zero-order valence-electron chi connectivity index (χ0n) is 21.9. The SMILES string of the molecule is CCCCCCCCCCCc1noc(-c2ccc(CN(C(=O)C(=O)O)c3ccc4c(c3)OCO4)cc2)n1. The second-order valence-electron chi connectivity index (χ2n) is 9.53. The van der Waals surface area contributed by atoms with Crippen LogP contribution < -0.4 is 14.4 Å². The van der Waals surface area contributed by atoms with Crippen LogP contribution in [0.25, 0.3) is 11.5 Å². The molecule has 0 bridgehead atoms. The molecule has 1 amide bonds. The largest absolute Gasteiger partial charge is 0.474 e. The first kappa shape index (κ1) is 27.2. The Bertz CT molecular complexity index is 1210. The van der Waals surface area contributed by atoms with Gasteiger partial charge < -0.3 is 19.1 Å². The lowest BCUT2D eigenvalue weighted by Gasteiger charge is -2.21. The van der Waals surface area contributed by atoms with Crippen molar-refractivity contribution in [2.45, 2.75) is 77.7 Å². The summed E-state index contributed by atoms with van der Waals surface area (Å²) in [5, 5.41) is 13.5. The van der Waals surface area contributed by atoms with Crippen LogP contribution in [0.15, 0.2) is 47.0 Å². The van der Waals surface area contributed by atoms with Crippen molar-refractivity contribution in [1.29, 1.82) is 0 Å². The summed E-state index contributed by atoms with van der Waals surface area (Å²) in [6.45, 7) is 2.39. The molecule has 0 radical (unpaired) electrons. The third-order valence-corrected chi connectivity index (χ3v) is 6.61. The third kappa shape index (κ3) is 7.34. The maximum atomic E-state index is 12.5. The second kappa shape index (κ2) is 13.6. The summed E-state index contributed by atoms with van der Waals surface area (Å²) in [6.07, 6.45) is 12.2. The number of benzene rings is 2. The molecule has 1 aromatic heterocycles. The maximum Gasteiger partial charge on any atom is 0.394 e. The standard InChI is InChI=1S/C29H35N3O6/c1-2-3-4-5-6-7-8-9-10-11-26-30-27(38-31-26)22-14-12-21(13-15-22)19-32(28(33)29(34)35)23-16-17-24-25(18-23)37-20-36-24/h12-18H,2-11,19-20H2,1H3,(H,34,35). The summed E-state index contributed by atoms with van der Waals surface area (Å²) in [6, 6.07) is 12.2. The van der Waals surface area contributed by atoms with Gasteiger partial charge in [0.2, 0.25) is 6.79 Å². The number of aliphatic carboxylic acids is 1. The molecule has 202 valence electrons. The van der Waals surface area contributed by atoms with Gasteiger partial charge in [-0.3, -0.25) is 9.69 Å². The number of carboxylic acids is 1. The topological polar surface area (TPSA) is 115 Å². The quantitative estimate of drug-likeness (QED) is 0.198. The van der Waals surface area contributed by atoms with Crippen molar-refractivity contribution in [3.8, 4) is 23.0 Å². The molecule has 0 aliphatic carbocycles. The van der Waals surface area contributed by atoms with E-state index < -0.39 is 11.9 Å². The minimum absolute atomic E-state index is 0.0682. The van der Waals surface area contributed by atoms with Crippen LogP contribution in [0.2, 0.25) is 0 Å². The van der Waals surface area contributed by atoms with Crippen LogP contribution in [0.3, 0.4) is 0 Å². The first-order valence-corrected chi connectivity index (χ1v) is 13.4. The van der Waals surface area contributed by atoms with Crippen LogP contribution in [0.1, 0.15) is 76.1 Å². The highest BCUT2D eigenvalue weighted by molar-refractivity contribution is 6.37. The smallest absolute Gasteiger partial charge is 0.394 e. The van der Waals surface area contributed by atoms with E-state index in [0.29, 0.717) is 28.9 Å². The molecule has 4 rings (SSSR count). The van der Waals surface area contributed by atoms with Crippen LogP contribution in [-0.4, -0.2) is 33.9 Å². The highest BCUT2D eigenvalue weighted by Gasteiger charge is 2.25. The predicted octanol–water partition coefficient (Wildman–Crippen LogP) is 6.16. The number of carboxylic acid groups (broad SMARTS) is 1. The molecular weight excluding hydrogens is 486 g/mol. The number of unbranched alkanes of at least 4 members (excludes halogenated alkanes) is 8. The molecular formula is C29H35N3O6. The Hall–Kier alpha value is -3.88. The van der Waals surface area contributed by atoms with Gasteiger partial charge >= 0.3 is 11.9 Å². The fraction of sp³-hybridized carbons (Fsp3) is 0.448. The number of fused-ring (bicyclic) bond motifs is 1. The Morgan fingerprint density at radius 3 is 2.29 bits per heavy atom. The van der Waals surface area contributed by atoms with Crippen molar-refractivity contribution in [1.82, 2.24) is 10.1 Å². The molecule has 9 nitrogen and oxygen atoms in total. The van der Waals surface area contributed by atoms with E-state index in [1.165, 1.54) is 56.3 Å². The fourth-order valence-electron chi connectivity index (χ4n) is 4.45. The van der Waals surface area contributed by atoms with E-state index in [1.807, 2.05) is 24.3 Å². The van der Waals surface area contributed by atoms with E-state index in [-0.39, 0.29) is 13.3 Å². The molecule has 1 aliphatic heterocycles. The highest BCUT2D eigenvalue weighted by Crippen LogP contribution is 2.36. The summed E-state index contributed by atoms with van der Waals surface area (Å²) in [4.78, 5) is 29.7. The molecule has 38 heavy (non-hydrogen) atoms. The Balaban J connectivity index is 1.30. The molecule has 2 heterocycles. The van der Waals surface area contributed by atoms with Crippen molar-refractivity contribution in [2.75, 3.05) is 11.7 Å². The molecule has 0 saturated heterocycles. The summed E-state index contributed by atoms with van der Waals surface area (Å²) < 4.78 is 16.1. The number of anilines is 1. The highest BCUT2D eigenvalue weighted by atomic mass is 16.7. The number of carbonyl (C=O) groups is 2. The van der Waals surface area contributed by atoms with Crippen LogP contribution in [0.5, 0.6) is 11.5 Å². The lowest BCUT2D eigenvalue weighted by Crippen LogP contribution is -2.36. The number of aromatic nitrogens is 2. The van der Waals surface area contributed by atoms with Gasteiger partial charge in [-0.15, -0.1) is 0 Å². The van der Waals surface area contributed by atoms with Gasteiger partial charge in [0.1, 0.15) is 0 Å². The fourth-order valence-corrected chi connectivity index (χ4v) is 4.45. The molecule has 0 saturated carbocycles. The number of hydrogen-bond donors (Lipinski definition) is 1. The normalized spacial score (nSPS) is 12.0. The summed E-state index contributed by atoms with van der Waals surface area (Å²) in [5.74, 6) is -0.409. The lowest BCUT2D eigenvalue weighted by atomic mass is 10.1. The van der Waals surface area contributed by atoms with Crippen LogP contribution in [-0.2, 0) is 22.6 Å². The number of hydrogen-bond acceptors (Lipinski definition) is 7. The van der Waals surface area contributed by atoms with E-state index in [4.69, 9.17) is 14.0 Å². The number of carbonyl (C=O) groups excluding carboxylic acids is 1. The number of aryl methyl sites for hydroxylation is 1. The van der Waals surface area contributed by atoms with Crippen LogP contribution in [0, 0.1) is 0 Å². The van der Waals surface area contributed by atoms with Crippen LogP contribution >= 0.6 is 0 Å². The van der Waals surface area contributed by atoms with E-state index >= 15 is 0 Å². The Kier molecular flexibility index (Phi) is 9.72. The van der Waals surface area contributed by atoms with Crippen molar-refractivity contribution >= 4 is 17.6 Å². The minimum Gasteiger partial charge on any atom is -0.474 e. The van der Waals surface area contributed by atoms with E-state index in [2.05, 4.69) is 17.1 Å². The molecule has 0 fully saturated rings. The Morgan fingerprint density at radius 2 is 1.58 bits per heavy atom. The zero-order chi connectivity index (χ0) is 26.7. The molecule has 3 aromatic rings. The van der Waals surface area contributed by atoms with Gasteiger partial charge in [0.25, 0.3) is 5.89 Å². The average Bonchev–Trinajstić information content (AvgIpc) is 3.60. The molecule has 0 atom stereocenters. The predicted molar refractivity (Wildman–Crippen MR) is 142 cm³/mol. The second-order valence-corrected chi connectivity index (χ2v) is 9.53. The average molecular weight is 522 g/mol.